The van der Waals surface area contributed by atoms with E-state index in [9.17, 15) is 4.79 Å². The van der Waals surface area contributed by atoms with Gasteiger partial charge in [-0.15, -0.1) is 0 Å². The van der Waals surface area contributed by atoms with Crippen molar-refractivity contribution in [1.29, 1.82) is 0 Å². The third kappa shape index (κ3) is 9.69. The molecule has 0 aromatic carbocycles. The maximum Gasteiger partial charge on any atom is 0.240 e. The molecule has 16 heavy (non-hydrogen) atoms. The predicted octanol–water partition coefficient (Wildman–Crippen LogP) is 3.64. The zero-order valence-corrected chi connectivity index (χ0v) is 11.0. The lowest BCUT2D eigenvalue weighted by Gasteiger charge is -2.01. The molecule has 0 rings (SSSR count). The van der Waals surface area contributed by atoms with E-state index < -0.39 is 0 Å². The monoisotopic (exact) mass is 226 g/mol. The maximum atomic E-state index is 11.4. The van der Waals surface area contributed by atoms with E-state index in [2.05, 4.69) is 24.4 Å². The minimum Gasteiger partial charge on any atom is -0.273 e. The fourth-order valence-electron chi connectivity index (χ4n) is 1.52. The van der Waals surface area contributed by atoms with Gasteiger partial charge >= 0.3 is 0 Å². The summed E-state index contributed by atoms with van der Waals surface area (Å²) in [6.07, 6.45) is 8.52. The first-order valence-corrected chi connectivity index (χ1v) is 6.52. The molecule has 0 radical (unpaired) electrons. The molecular formula is C13H26N2O. The SMILES string of the molecule is CCCCCCCC(=O)N/N=C(\C)CCC. The minimum absolute atomic E-state index is 0.0481. The Kier molecular flexibility index (Phi) is 10.1. The lowest BCUT2D eigenvalue weighted by Crippen LogP contribution is -2.18. The molecule has 0 atom stereocenters. The number of nitrogens with one attached hydrogen (secondary N) is 1. The highest BCUT2D eigenvalue weighted by Crippen LogP contribution is 2.04. The lowest BCUT2D eigenvalue weighted by molar-refractivity contribution is -0.121. The fourth-order valence-corrected chi connectivity index (χ4v) is 1.52. The summed E-state index contributed by atoms with van der Waals surface area (Å²) in [7, 11) is 0. The number of amides is 1. The molecule has 0 saturated heterocycles. The van der Waals surface area contributed by atoms with Gasteiger partial charge in [0, 0.05) is 12.1 Å². The van der Waals surface area contributed by atoms with E-state index >= 15 is 0 Å². The van der Waals surface area contributed by atoms with Gasteiger partial charge in [-0.3, -0.25) is 4.79 Å². The first kappa shape index (κ1) is 15.1. The molecule has 0 saturated carbocycles. The van der Waals surface area contributed by atoms with Gasteiger partial charge in [0.25, 0.3) is 0 Å². The smallest absolute Gasteiger partial charge is 0.240 e. The summed E-state index contributed by atoms with van der Waals surface area (Å²) in [5.41, 5.74) is 3.61. The molecule has 0 aromatic rings. The third-order valence-electron chi connectivity index (χ3n) is 2.49. The van der Waals surface area contributed by atoms with Crippen molar-refractivity contribution in [1.82, 2.24) is 5.43 Å². The van der Waals surface area contributed by atoms with Crippen molar-refractivity contribution in [3.63, 3.8) is 0 Å². The number of hydrogen-bond donors (Lipinski definition) is 1. The van der Waals surface area contributed by atoms with Crippen LogP contribution in [0.2, 0.25) is 0 Å². The van der Waals surface area contributed by atoms with Crippen molar-refractivity contribution in [2.24, 2.45) is 5.10 Å². The van der Waals surface area contributed by atoms with Crippen LogP contribution in [-0.4, -0.2) is 11.6 Å². The van der Waals surface area contributed by atoms with E-state index in [0.29, 0.717) is 6.42 Å². The number of hydrogen-bond acceptors (Lipinski definition) is 2. The van der Waals surface area contributed by atoms with Crippen LogP contribution in [0.15, 0.2) is 5.10 Å². The van der Waals surface area contributed by atoms with E-state index in [0.717, 1.165) is 31.4 Å². The van der Waals surface area contributed by atoms with E-state index in [-0.39, 0.29) is 5.91 Å². The summed E-state index contributed by atoms with van der Waals surface area (Å²) < 4.78 is 0. The quantitative estimate of drug-likeness (QED) is 0.364. The Bertz CT molecular complexity index is 212. The average molecular weight is 226 g/mol. The van der Waals surface area contributed by atoms with Gasteiger partial charge in [-0.1, -0.05) is 46.0 Å². The molecule has 3 heteroatoms. The van der Waals surface area contributed by atoms with Crippen LogP contribution in [-0.2, 0) is 4.79 Å². The molecule has 3 nitrogen and oxygen atoms in total. The second-order valence-corrected chi connectivity index (χ2v) is 4.30. The molecule has 1 N–H and O–H groups in total. The lowest BCUT2D eigenvalue weighted by atomic mass is 10.1. The van der Waals surface area contributed by atoms with Crippen molar-refractivity contribution < 1.29 is 4.79 Å². The van der Waals surface area contributed by atoms with Gasteiger partial charge in [0.1, 0.15) is 0 Å². The van der Waals surface area contributed by atoms with Crippen LogP contribution in [0, 0.1) is 0 Å². The predicted molar refractivity (Wildman–Crippen MR) is 69.5 cm³/mol. The van der Waals surface area contributed by atoms with Crippen molar-refractivity contribution >= 4 is 11.6 Å². The molecule has 0 unspecified atom stereocenters. The highest BCUT2D eigenvalue weighted by Gasteiger charge is 1.99. The number of unbranched alkanes of at least 4 members (excludes halogenated alkanes) is 4. The molecule has 1 amide bonds. The molecular weight excluding hydrogens is 200 g/mol. The molecule has 0 bridgehead atoms. The molecule has 0 spiro atoms. The number of carbonyl (C=O) groups excluding carboxylic acids is 1. The Hall–Kier alpha value is -0.860. The van der Waals surface area contributed by atoms with Crippen LogP contribution in [0.4, 0.5) is 0 Å². The number of rotatable bonds is 9. The summed E-state index contributed by atoms with van der Waals surface area (Å²) in [5, 5.41) is 4.05. The topological polar surface area (TPSA) is 41.5 Å². The second kappa shape index (κ2) is 10.7. The molecule has 0 aliphatic rings. The van der Waals surface area contributed by atoms with E-state index in [4.69, 9.17) is 0 Å². The highest BCUT2D eigenvalue weighted by atomic mass is 16.2. The van der Waals surface area contributed by atoms with Crippen LogP contribution in [0.3, 0.4) is 0 Å². The van der Waals surface area contributed by atoms with Crippen LogP contribution in [0.5, 0.6) is 0 Å². The van der Waals surface area contributed by atoms with Crippen LogP contribution >= 0.6 is 0 Å². The fraction of sp³-hybridized carbons (Fsp3) is 0.846. The first-order valence-electron chi connectivity index (χ1n) is 6.52. The highest BCUT2D eigenvalue weighted by molar-refractivity contribution is 5.84. The van der Waals surface area contributed by atoms with Gasteiger partial charge in [-0.2, -0.15) is 5.10 Å². The van der Waals surface area contributed by atoms with Crippen LogP contribution < -0.4 is 5.43 Å². The molecule has 0 aliphatic carbocycles. The molecule has 0 heterocycles. The number of carbonyl (C=O) groups is 1. The zero-order chi connectivity index (χ0) is 12.2. The summed E-state index contributed by atoms with van der Waals surface area (Å²) in [5.74, 6) is 0.0481. The van der Waals surface area contributed by atoms with Gasteiger partial charge in [0.2, 0.25) is 5.91 Å². The average Bonchev–Trinajstić information content (AvgIpc) is 2.26. The Morgan fingerprint density at radius 2 is 1.69 bits per heavy atom. The molecule has 0 aromatic heterocycles. The van der Waals surface area contributed by atoms with E-state index in [1.165, 1.54) is 19.3 Å². The zero-order valence-electron chi connectivity index (χ0n) is 11.0. The van der Waals surface area contributed by atoms with Gasteiger partial charge in [0.15, 0.2) is 0 Å². The summed E-state index contributed by atoms with van der Waals surface area (Å²) in [4.78, 5) is 11.4. The number of hydrazone groups is 1. The maximum absolute atomic E-state index is 11.4. The molecule has 0 aliphatic heterocycles. The van der Waals surface area contributed by atoms with Crippen molar-refractivity contribution in [3.8, 4) is 0 Å². The van der Waals surface area contributed by atoms with Crippen LogP contribution in [0.25, 0.3) is 0 Å². The van der Waals surface area contributed by atoms with Crippen molar-refractivity contribution in [3.05, 3.63) is 0 Å². The normalized spacial score (nSPS) is 11.6. The van der Waals surface area contributed by atoms with Gasteiger partial charge in [-0.25, -0.2) is 5.43 Å². The second-order valence-electron chi connectivity index (χ2n) is 4.30. The Morgan fingerprint density at radius 1 is 1.00 bits per heavy atom. The van der Waals surface area contributed by atoms with E-state index in [1.54, 1.807) is 0 Å². The number of nitrogens with zero attached hydrogens (tertiary/aromatic N) is 1. The Morgan fingerprint density at radius 3 is 2.31 bits per heavy atom. The molecule has 0 fully saturated rings. The van der Waals surface area contributed by atoms with Crippen molar-refractivity contribution in [2.45, 2.75) is 72.1 Å². The van der Waals surface area contributed by atoms with E-state index in [1.807, 2.05) is 6.92 Å². The van der Waals surface area contributed by atoms with Gasteiger partial charge in [-0.05, 0) is 19.8 Å². The summed E-state index contributed by atoms with van der Waals surface area (Å²) >= 11 is 0. The Labute approximate surface area is 99.7 Å². The van der Waals surface area contributed by atoms with Gasteiger partial charge < -0.3 is 0 Å². The summed E-state index contributed by atoms with van der Waals surface area (Å²) in [6.45, 7) is 6.25. The summed E-state index contributed by atoms with van der Waals surface area (Å²) in [6, 6.07) is 0. The minimum atomic E-state index is 0.0481. The van der Waals surface area contributed by atoms with Gasteiger partial charge in [0.05, 0.1) is 0 Å². The molecule has 94 valence electrons. The van der Waals surface area contributed by atoms with Crippen LogP contribution in [0.1, 0.15) is 72.1 Å². The standard InChI is InChI=1S/C13H26N2O/c1-4-6-7-8-9-11-13(16)15-14-12(3)10-5-2/h4-11H2,1-3H3,(H,15,16)/b14-12+. The third-order valence-corrected chi connectivity index (χ3v) is 2.49. The Balaban J connectivity index is 3.47. The first-order chi connectivity index (χ1) is 7.70. The van der Waals surface area contributed by atoms with Crippen molar-refractivity contribution in [2.75, 3.05) is 0 Å². The largest absolute Gasteiger partial charge is 0.273 e.